The molecule has 0 aliphatic rings. The number of carbonyl (C=O) groups excluding carboxylic acids is 1. The van der Waals surface area contributed by atoms with Gasteiger partial charge >= 0.3 is 0 Å². The number of amides is 1. The smallest absolute Gasteiger partial charge is 0.259 e. The van der Waals surface area contributed by atoms with Crippen molar-refractivity contribution in [2.75, 3.05) is 12.4 Å². The number of anilines is 1. The molecule has 0 radical (unpaired) electrons. The lowest BCUT2D eigenvalue weighted by atomic mass is 10.1. The third-order valence-corrected chi connectivity index (χ3v) is 4.75. The maximum atomic E-state index is 12.7. The topological polar surface area (TPSA) is 108 Å². The Morgan fingerprint density at radius 2 is 1.61 bits per heavy atom. The number of sulfonamides is 1. The van der Waals surface area contributed by atoms with Crippen LogP contribution in [0.3, 0.4) is 0 Å². The number of hydrogen-bond donors (Lipinski definition) is 2. The van der Waals surface area contributed by atoms with Crippen LogP contribution in [0.4, 0.5) is 5.69 Å². The van der Waals surface area contributed by atoms with E-state index in [0.717, 1.165) is 0 Å². The summed E-state index contributed by atoms with van der Waals surface area (Å²) in [6.45, 7) is 0. The highest BCUT2D eigenvalue weighted by Crippen LogP contribution is 2.27. The summed E-state index contributed by atoms with van der Waals surface area (Å²) in [7, 11) is -2.30. The van der Waals surface area contributed by atoms with Gasteiger partial charge in [0.2, 0.25) is 10.0 Å². The Morgan fingerprint density at radius 1 is 0.929 bits per heavy atom. The monoisotopic (exact) mass is 398 g/mol. The maximum absolute atomic E-state index is 12.7. The van der Waals surface area contributed by atoms with Crippen LogP contribution in [-0.4, -0.2) is 21.4 Å². The predicted octanol–water partition coefficient (Wildman–Crippen LogP) is 3.39. The molecule has 0 atom stereocenters. The molecular weight excluding hydrogens is 380 g/mol. The number of nitrogens with one attached hydrogen (secondary N) is 1. The summed E-state index contributed by atoms with van der Waals surface area (Å²) in [4.78, 5) is 12.6. The quantitative estimate of drug-likeness (QED) is 0.662. The van der Waals surface area contributed by atoms with Crippen molar-refractivity contribution < 1.29 is 22.7 Å². The van der Waals surface area contributed by atoms with Gasteiger partial charge in [0.05, 0.1) is 17.6 Å². The molecule has 3 rings (SSSR count). The van der Waals surface area contributed by atoms with Crippen molar-refractivity contribution in [1.29, 1.82) is 0 Å². The van der Waals surface area contributed by atoms with Crippen molar-refractivity contribution in [1.82, 2.24) is 0 Å². The lowest BCUT2D eigenvalue weighted by Gasteiger charge is -2.12. The van der Waals surface area contributed by atoms with Crippen LogP contribution >= 0.6 is 0 Å². The van der Waals surface area contributed by atoms with E-state index in [4.69, 9.17) is 14.6 Å². The number of nitrogens with two attached hydrogens (primary N) is 1. The van der Waals surface area contributed by atoms with E-state index >= 15 is 0 Å². The molecule has 0 aliphatic carbocycles. The lowest BCUT2D eigenvalue weighted by molar-refractivity contribution is 0.102. The molecule has 3 aromatic carbocycles. The van der Waals surface area contributed by atoms with E-state index < -0.39 is 15.9 Å². The second kappa shape index (κ2) is 8.12. The van der Waals surface area contributed by atoms with Gasteiger partial charge in [0.1, 0.15) is 17.2 Å². The molecule has 0 fully saturated rings. The van der Waals surface area contributed by atoms with E-state index in [1.54, 1.807) is 61.7 Å². The van der Waals surface area contributed by atoms with Gasteiger partial charge in [-0.2, -0.15) is 0 Å². The Morgan fingerprint density at radius 3 is 2.29 bits per heavy atom. The van der Waals surface area contributed by atoms with Crippen molar-refractivity contribution in [3.8, 4) is 17.2 Å². The zero-order valence-corrected chi connectivity index (χ0v) is 15.8. The fourth-order valence-corrected chi connectivity index (χ4v) is 3.02. The summed E-state index contributed by atoms with van der Waals surface area (Å²) < 4.78 is 33.9. The molecule has 0 aliphatic heterocycles. The molecule has 3 aromatic rings. The summed E-state index contributed by atoms with van der Waals surface area (Å²) in [5, 5.41) is 7.79. The van der Waals surface area contributed by atoms with Crippen molar-refractivity contribution in [2.24, 2.45) is 5.14 Å². The van der Waals surface area contributed by atoms with Crippen LogP contribution in [0.5, 0.6) is 17.2 Å². The molecule has 0 aromatic heterocycles. The number of methoxy groups -OCH3 is 1. The summed E-state index contributed by atoms with van der Waals surface area (Å²) >= 11 is 0. The minimum Gasteiger partial charge on any atom is -0.497 e. The summed E-state index contributed by atoms with van der Waals surface area (Å²) in [5.74, 6) is 1.13. The summed E-state index contributed by atoms with van der Waals surface area (Å²) in [5.41, 5.74) is 0.593. The van der Waals surface area contributed by atoms with Crippen LogP contribution in [0, 0.1) is 0 Å². The van der Waals surface area contributed by atoms with Gasteiger partial charge in [0.15, 0.2) is 0 Å². The zero-order valence-electron chi connectivity index (χ0n) is 15.0. The second-order valence-corrected chi connectivity index (χ2v) is 7.36. The van der Waals surface area contributed by atoms with Gasteiger partial charge in [-0.15, -0.1) is 0 Å². The van der Waals surface area contributed by atoms with Crippen molar-refractivity contribution in [3.05, 3.63) is 78.4 Å². The minimum atomic E-state index is -3.87. The number of hydrogen-bond acceptors (Lipinski definition) is 5. The van der Waals surface area contributed by atoms with Gasteiger partial charge in [0.25, 0.3) is 5.91 Å². The number of benzene rings is 3. The standard InChI is InChI=1S/C20H18N2O5S/c1-26-15-9-11-16(12-10-15)27-19-8-3-2-7-18(19)20(23)22-14-5-4-6-17(13-14)28(21,24)25/h2-13H,1H3,(H,22,23)(H2,21,24,25). The molecule has 0 bridgehead atoms. The third-order valence-electron chi connectivity index (χ3n) is 3.84. The van der Waals surface area contributed by atoms with Crippen LogP contribution in [-0.2, 0) is 10.0 Å². The maximum Gasteiger partial charge on any atom is 0.259 e. The molecule has 0 saturated carbocycles. The van der Waals surface area contributed by atoms with Gasteiger partial charge < -0.3 is 14.8 Å². The Balaban J connectivity index is 1.83. The minimum absolute atomic E-state index is 0.0898. The van der Waals surface area contributed by atoms with Crippen molar-refractivity contribution in [2.45, 2.75) is 4.90 Å². The van der Waals surface area contributed by atoms with E-state index in [1.165, 1.54) is 18.2 Å². The Labute approximate surface area is 162 Å². The summed E-state index contributed by atoms with van der Waals surface area (Å²) in [6, 6.07) is 19.4. The van der Waals surface area contributed by atoms with E-state index in [1.807, 2.05) is 0 Å². The molecule has 0 unspecified atom stereocenters. The summed E-state index contributed by atoms with van der Waals surface area (Å²) in [6.07, 6.45) is 0. The molecule has 28 heavy (non-hydrogen) atoms. The van der Waals surface area contributed by atoms with Crippen LogP contribution in [0.25, 0.3) is 0 Å². The first-order valence-electron chi connectivity index (χ1n) is 8.22. The fourth-order valence-electron chi connectivity index (χ4n) is 2.46. The van der Waals surface area contributed by atoms with E-state index in [9.17, 15) is 13.2 Å². The number of ether oxygens (including phenoxy) is 2. The molecule has 144 valence electrons. The Kier molecular flexibility index (Phi) is 5.62. The highest BCUT2D eigenvalue weighted by Gasteiger charge is 2.15. The SMILES string of the molecule is COc1ccc(Oc2ccccc2C(=O)Nc2cccc(S(N)(=O)=O)c2)cc1. The van der Waals surface area contributed by atoms with E-state index in [-0.39, 0.29) is 4.90 Å². The molecule has 0 spiro atoms. The van der Waals surface area contributed by atoms with Crippen molar-refractivity contribution in [3.63, 3.8) is 0 Å². The van der Waals surface area contributed by atoms with E-state index in [2.05, 4.69) is 5.32 Å². The van der Waals surface area contributed by atoms with Crippen molar-refractivity contribution >= 4 is 21.6 Å². The average molecular weight is 398 g/mol. The molecular formula is C20H18N2O5S. The van der Waals surface area contributed by atoms with Crippen LogP contribution < -0.4 is 19.9 Å². The fraction of sp³-hybridized carbons (Fsp3) is 0.0500. The number of para-hydroxylation sites is 1. The molecule has 7 nitrogen and oxygen atoms in total. The average Bonchev–Trinajstić information content (AvgIpc) is 2.68. The molecule has 1 amide bonds. The molecule has 8 heteroatoms. The first kappa shape index (κ1) is 19.4. The first-order chi connectivity index (χ1) is 13.4. The van der Waals surface area contributed by atoms with Crippen LogP contribution in [0.2, 0.25) is 0 Å². The van der Waals surface area contributed by atoms with Gasteiger partial charge in [-0.25, -0.2) is 13.6 Å². The van der Waals surface area contributed by atoms with Gasteiger partial charge in [0, 0.05) is 5.69 Å². The normalized spacial score (nSPS) is 10.9. The zero-order chi connectivity index (χ0) is 20.1. The molecule has 0 heterocycles. The Bertz CT molecular complexity index is 1100. The van der Waals surface area contributed by atoms with Gasteiger partial charge in [-0.05, 0) is 54.6 Å². The predicted molar refractivity (Wildman–Crippen MR) is 105 cm³/mol. The molecule has 3 N–H and O–H groups in total. The van der Waals surface area contributed by atoms with Gasteiger partial charge in [-0.1, -0.05) is 18.2 Å². The first-order valence-corrected chi connectivity index (χ1v) is 9.76. The lowest BCUT2D eigenvalue weighted by Crippen LogP contribution is -2.15. The number of rotatable bonds is 6. The highest BCUT2D eigenvalue weighted by molar-refractivity contribution is 7.89. The highest BCUT2D eigenvalue weighted by atomic mass is 32.2. The van der Waals surface area contributed by atoms with Crippen LogP contribution in [0.15, 0.2) is 77.7 Å². The number of carbonyl (C=O) groups is 1. The van der Waals surface area contributed by atoms with Crippen LogP contribution in [0.1, 0.15) is 10.4 Å². The number of primary sulfonamides is 1. The Hall–Kier alpha value is -3.36. The molecule has 0 saturated heterocycles. The third kappa shape index (κ3) is 4.67. The van der Waals surface area contributed by atoms with Gasteiger partial charge in [-0.3, -0.25) is 4.79 Å². The van der Waals surface area contributed by atoms with E-state index in [0.29, 0.717) is 28.5 Å². The largest absolute Gasteiger partial charge is 0.497 e. The second-order valence-electron chi connectivity index (χ2n) is 5.80.